The number of nitrogens with one attached hydrogen (secondary N) is 1. The number of aromatic nitrogens is 4. The molecule has 1 N–H and O–H groups in total. The van der Waals surface area contributed by atoms with Gasteiger partial charge in [-0.15, -0.1) is 0 Å². The SMILES string of the molecule is Cc1nn(-c2ccc(F)cc2)c(C)c1CC(=O)Nc1cnc(C(C)(C)C)nc1. The molecule has 0 aliphatic rings. The van der Waals surface area contributed by atoms with Crippen LogP contribution < -0.4 is 5.32 Å². The maximum absolute atomic E-state index is 13.2. The predicted octanol–water partition coefficient (Wildman–Crippen LogP) is 3.90. The highest BCUT2D eigenvalue weighted by Gasteiger charge is 2.18. The summed E-state index contributed by atoms with van der Waals surface area (Å²) < 4.78 is 14.9. The van der Waals surface area contributed by atoms with E-state index in [1.54, 1.807) is 29.2 Å². The summed E-state index contributed by atoms with van der Waals surface area (Å²) in [5.74, 6) is 0.249. The molecule has 1 amide bonds. The van der Waals surface area contributed by atoms with Crippen LogP contribution in [0.5, 0.6) is 0 Å². The number of halogens is 1. The maximum atomic E-state index is 13.2. The van der Waals surface area contributed by atoms with Gasteiger partial charge in [-0.05, 0) is 38.1 Å². The molecular formula is C21H24FN5O. The van der Waals surface area contributed by atoms with Crippen LogP contribution in [0, 0.1) is 19.7 Å². The summed E-state index contributed by atoms with van der Waals surface area (Å²) in [6, 6.07) is 6.10. The summed E-state index contributed by atoms with van der Waals surface area (Å²) in [6.45, 7) is 9.85. The van der Waals surface area contributed by atoms with Crippen LogP contribution in [0.25, 0.3) is 5.69 Å². The Kier molecular flexibility index (Phi) is 5.27. The Bertz CT molecular complexity index is 985. The third kappa shape index (κ3) is 4.24. The summed E-state index contributed by atoms with van der Waals surface area (Å²) in [6.07, 6.45) is 3.42. The molecule has 7 heteroatoms. The molecular weight excluding hydrogens is 357 g/mol. The van der Waals surface area contributed by atoms with E-state index in [1.165, 1.54) is 12.1 Å². The molecule has 0 atom stereocenters. The Morgan fingerprint density at radius 3 is 2.29 bits per heavy atom. The smallest absolute Gasteiger partial charge is 0.229 e. The fraction of sp³-hybridized carbons (Fsp3) is 0.333. The lowest BCUT2D eigenvalue weighted by atomic mass is 9.96. The molecule has 2 heterocycles. The van der Waals surface area contributed by atoms with Gasteiger partial charge in [-0.25, -0.2) is 19.0 Å². The number of carbonyl (C=O) groups is 1. The molecule has 146 valence electrons. The van der Waals surface area contributed by atoms with Gasteiger partial charge in [0.1, 0.15) is 11.6 Å². The number of hydrogen-bond acceptors (Lipinski definition) is 4. The van der Waals surface area contributed by atoms with Gasteiger partial charge >= 0.3 is 0 Å². The van der Waals surface area contributed by atoms with Crippen molar-refractivity contribution in [1.29, 1.82) is 0 Å². The number of amides is 1. The lowest BCUT2D eigenvalue weighted by molar-refractivity contribution is -0.115. The van der Waals surface area contributed by atoms with Crippen molar-refractivity contribution in [1.82, 2.24) is 19.7 Å². The molecule has 0 unspecified atom stereocenters. The van der Waals surface area contributed by atoms with Gasteiger partial charge in [0.25, 0.3) is 0 Å². The summed E-state index contributed by atoms with van der Waals surface area (Å²) in [5.41, 5.74) is 3.61. The molecule has 28 heavy (non-hydrogen) atoms. The van der Waals surface area contributed by atoms with Crippen molar-refractivity contribution >= 4 is 11.6 Å². The van der Waals surface area contributed by atoms with Crippen LogP contribution in [0.3, 0.4) is 0 Å². The zero-order chi connectivity index (χ0) is 20.5. The van der Waals surface area contributed by atoms with Crippen LogP contribution in [0.15, 0.2) is 36.7 Å². The third-order valence-electron chi connectivity index (χ3n) is 4.46. The first-order valence-corrected chi connectivity index (χ1v) is 9.08. The van der Waals surface area contributed by atoms with Gasteiger partial charge in [0.15, 0.2) is 0 Å². The molecule has 1 aromatic carbocycles. The summed E-state index contributed by atoms with van der Waals surface area (Å²) in [7, 11) is 0. The van der Waals surface area contributed by atoms with E-state index in [9.17, 15) is 9.18 Å². The first kappa shape index (κ1) is 19.7. The minimum Gasteiger partial charge on any atom is -0.323 e. The molecule has 0 spiro atoms. The fourth-order valence-corrected chi connectivity index (χ4v) is 2.91. The molecule has 0 aliphatic heterocycles. The van der Waals surface area contributed by atoms with Gasteiger partial charge in [0.2, 0.25) is 5.91 Å². The van der Waals surface area contributed by atoms with Crippen molar-refractivity contribution in [2.45, 2.75) is 46.5 Å². The van der Waals surface area contributed by atoms with Gasteiger partial charge in [-0.3, -0.25) is 4.79 Å². The van der Waals surface area contributed by atoms with E-state index in [0.29, 0.717) is 5.69 Å². The number of benzene rings is 1. The Morgan fingerprint density at radius 2 is 1.71 bits per heavy atom. The molecule has 0 radical (unpaired) electrons. The van der Waals surface area contributed by atoms with Gasteiger partial charge in [0, 0.05) is 16.7 Å². The van der Waals surface area contributed by atoms with Crippen molar-refractivity contribution in [3.05, 3.63) is 65.3 Å². The standard InChI is InChI=1S/C21H24FN5O/c1-13-18(14(2)27(26-13)17-8-6-15(22)7-9-17)10-19(28)25-16-11-23-20(24-12-16)21(3,4)5/h6-9,11-12H,10H2,1-5H3,(H,25,28). The molecule has 6 nitrogen and oxygen atoms in total. The van der Waals surface area contributed by atoms with E-state index in [1.807, 2.05) is 34.6 Å². The van der Waals surface area contributed by atoms with Crippen LogP contribution in [-0.4, -0.2) is 25.7 Å². The van der Waals surface area contributed by atoms with Crippen LogP contribution in [0.2, 0.25) is 0 Å². The predicted molar refractivity (Wildman–Crippen MR) is 106 cm³/mol. The monoisotopic (exact) mass is 381 g/mol. The van der Waals surface area contributed by atoms with Crippen LogP contribution in [0.4, 0.5) is 10.1 Å². The van der Waals surface area contributed by atoms with E-state index >= 15 is 0 Å². The summed E-state index contributed by atoms with van der Waals surface area (Å²) in [4.78, 5) is 21.2. The molecule has 3 aromatic rings. The minimum atomic E-state index is -0.301. The average molecular weight is 381 g/mol. The van der Waals surface area contributed by atoms with Crippen molar-refractivity contribution in [3.63, 3.8) is 0 Å². The molecule has 2 aromatic heterocycles. The quantitative estimate of drug-likeness (QED) is 0.744. The lowest BCUT2D eigenvalue weighted by Gasteiger charge is -2.16. The third-order valence-corrected chi connectivity index (χ3v) is 4.46. The number of anilines is 1. The van der Waals surface area contributed by atoms with E-state index in [0.717, 1.165) is 28.5 Å². The highest BCUT2D eigenvalue weighted by molar-refractivity contribution is 5.92. The zero-order valence-corrected chi connectivity index (χ0v) is 16.7. The topological polar surface area (TPSA) is 72.7 Å². The number of hydrogen-bond donors (Lipinski definition) is 1. The number of rotatable bonds is 4. The Balaban J connectivity index is 1.75. The molecule has 0 fully saturated rings. The fourth-order valence-electron chi connectivity index (χ4n) is 2.91. The summed E-state index contributed by atoms with van der Waals surface area (Å²) in [5, 5.41) is 7.33. The molecule has 0 saturated carbocycles. The molecule has 0 aliphatic carbocycles. The van der Waals surface area contributed by atoms with Gasteiger partial charge < -0.3 is 5.32 Å². The lowest BCUT2D eigenvalue weighted by Crippen LogP contribution is -2.18. The number of nitrogens with zero attached hydrogens (tertiary/aromatic N) is 4. The van der Waals surface area contributed by atoms with E-state index in [4.69, 9.17) is 0 Å². The van der Waals surface area contributed by atoms with Crippen molar-refractivity contribution < 1.29 is 9.18 Å². The first-order valence-electron chi connectivity index (χ1n) is 9.08. The summed E-state index contributed by atoms with van der Waals surface area (Å²) >= 11 is 0. The van der Waals surface area contributed by atoms with Gasteiger partial charge in [-0.2, -0.15) is 5.10 Å². The first-order chi connectivity index (χ1) is 13.1. The van der Waals surface area contributed by atoms with Crippen LogP contribution in [-0.2, 0) is 16.6 Å². The Labute approximate surface area is 163 Å². The van der Waals surface area contributed by atoms with E-state index in [-0.39, 0.29) is 23.6 Å². The average Bonchev–Trinajstić information content (AvgIpc) is 2.90. The largest absolute Gasteiger partial charge is 0.323 e. The molecule has 0 saturated heterocycles. The second-order valence-electron chi connectivity index (χ2n) is 7.81. The normalized spacial score (nSPS) is 11.5. The minimum absolute atomic E-state index is 0.147. The van der Waals surface area contributed by atoms with E-state index in [2.05, 4.69) is 20.4 Å². The second-order valence-corrected chi connectivity index (χ2v) is 7.81. The molecule has 0 bridgehead atoms. The highest BCUT2D eigenvalue weighted by atomic mass is 19.1. The maximum Gasteiger partial charge on any atom is 0.229 e. The zero-order valence-electron chi connectivity index (χ0n) is 16.7. The highest BCUT2D eigenvalue weighted by Crippen LogP contribution is 2.20. The second kappa shape index (κ2) is 7.50. The van der Waals surface area contributed by atoms with Gasteiger partial charge in [0.05, 0.1) is 35.9 Å². The van der Waals surface area contributed by atoms with Gasteiger partial charge in [-0.1, -0.05) is 20.8 Å². The number of carbonyl (C=O) groups excluding carboxylic acids is 1. The van der Waals surface area contributed by atoms with Crippen LogP contribution >= 0.6 is 0 Å². The molecule has 3 rings (SSSR count). The number of aryl methyl sites for hydroxylation is 1. The van der Waals surface area contributed by atoms with Crippen molar-refractivity contribution in [2.75, 3.05) is 5.32 Å². The van der Waals surface area contributed by atoms with Crippen LogP contribution in [0.1, 0.15) is 43.5 Å². The van der Waals surface area contributed by atoms with E-state index < -0.39 is 0 Å². The van der Waals surface area contributed by atoms with Crippen molar-refractivity contribution in [2.24, 2.45) is 0 Å². The Hall–Kier alpha value is -3.09. The Morgan fingerprint density at radius 1 is 1.11 bits per heavy atom. The van der Waals surface area contributed by atoms with Crippen molar-refractivity contribution in [3.8, 4) is 5.69 Å².